The van der Waals surface area contributed by atoms with Gasteiger partial charge in [0.2, 0.25) is 0 Å². The van der Waals surface area contributed by atoms with Gasteiger partial charge in [0.05, 0.1) is 12.3 Å². The molecule has 1 atom stereocenters. The number of nitrogens with zero attached hydrogens (tertiary/aromatic N) is 2. The number of aromatic nitrogens is 1. The minimum absolute atomic E-state index is 0. The van der Waals surface area contributed by atoms with Crippen LogP contribution in [0, 0.1) is 0 Å². The first-order valence-electron chi connectivity index (χ1n) is 5.21. The first kappa shape index (κ1) is 13.7. The molecule has 1 fully saturated rings. The van der Waals surface area contributed by atoms with Gasteiger partial charge in [-0.2, -0.15) is 0 Å². The highest BCUT2D eigenvalue weighted by Crippen LogP contribution is 2.19. The van der Waals surface area contributed by atoms with Crippen molar-refractivity contribution >= 4 is 24.0 Å². The number of hydrogen-bond acceptors (Lipinski definition) is 3. The van der Waals surface area contributed by atoms with Crippen molar-refractivity contribution in [1.29, 1.82) is 0 Å². The molecule has 16 heavy (non-hydrogen) atoms. The van der Waals surface area contributed by atoms with Crippen molar-refractivity contribution in [2.75, 3.05) is 32.1 Å². The van der Waals surface area contributed by atoms with Crippen molar-refractivity contribution in [2.45, 2.75) is 6.10 Å². The molecule has 1 aromatic heterocycles. The highest BCUT2D eigenvalue weighted by Gasteiger charge is 2.21. The molecule has 1 aromatic rings. The van der Waals surface area contributed by atoms with E-state index in [1.165, 1.54) is 0 Å². The predicted octanol–water partition coefficient (Wildman–Crippen LogP) is 2.12. The van der Waals surface area contributed by atoms with Crippen LogP contribution in [0.3, 0.4) is 0 Å². The standard InChI is InChI=1S/C11H15ClN2O.ClH/c12-4-6-14-7-8-15-11(9-14)10-3-1-2-5-13-10;/h1-3,5,11H,4,6-9H2;1H. The zero-order valence-corrected chi connectivity index (χ0v) is 10.6. The highest BCUT2D eigenvalue weighted by atomic mass is 35.5. The summed E-state index contributed by atoms with van der Waals surface area (Å²) in [5, 5.41) is 0. The minimum atomic E-state index is 0. The summed E-state index contributed by atoms with van der Waals surface area (Å²) in [5.41, 5.74) is 1.01. The maximum absolute atomic E-state index is 5.73. The van der Waals surface area contributed by atoms with Crippen LogP contribution in [0.5, 0.6) is 0 Å². The normalized spacial score (nSPS) is 21.4. The number of ether oxygens (including phenoxy) is 1. The molecule has 90 valence electrons. The van der Waals surface area contributed by atoms with Gasteiger partial charge in [0.15, 0.2) is 0 Å². The van der Waals surface area contributed by atoms with Crippen LogP contribution in [0.1, 0.15) is 11.8 Å². The fourth-order valence-electron chi connectivity index (χ4n) is 1.77. The largest absolute Gasteiger partial charge is 0.369 e. The summed E-state index contributed by atoms with van der Waals surface area (Å²) in [7, 11) is 0. The zero-order valence-electron chi connectivity index (χ0n) is 9.01. The van der Waals surface area contributed by atoms with Crippen LogP contribution in [-0.2, 0) is 4.74 Å². The lowest BCUT2D eigenvalue weighted by Gasteiger charge is -2.32. The Morgan fingerprint density at radius 1 is 1.50 bits per heavy atom. The summed E-state index contributed by atoms with van der Waals surface area (Å²) in [5.74, 6) is 0.676. The molecule has 0 saturated carbocycles. The van der Waals surface area contributed by atoms with Crippen LogP contribution in [0.25, 0.3) is 0 Å². The molecule has 0 spiro atoms. The van der Waals surface area contributed by atoms with E-state index in [1.807, 2.05) is 18.2 Å². The van der Waals surface area contributed by atoms with Crippen LogP contribution in [-0.4, -0.2) is 42.0 Å². The summed E-state index contributed by atoms with van der Waals surface area (Å²) >= 11 is 5.73. The van der Waals surface area contributed by atoms with Gasteiger partial charge in [-0.05, 0) is 12.1 Å². The first-order valence-corrected chi connectivity index (χ1v) is 5.74. The molecule has 5 heteroatoms. The lowest BCUT2D eigenvalue weighted by atomic mass is 10.2. The van der Waals surface area contributed by atoms with Crippen molar-refractivity contribution in [3.63, 3.8) is 0 Å². The molecular formula is C11H16Cl2N2O. The van der Waals surface area contributed by atoms with E-state index in [9.17, 15) is 0 Å². The van der Waals surface area contributed by atoms with Gasteiger partial charge in [-0.3, -0.25) is 9.88 Å². The fraction of sp³-hybridized carbons (Fsp3) is 0.545. The molecule has 0 bridgehead atoms. The Morgan fingerprint density at radius 2 is 2.38 bits per heavy atom. The molecule has 2 rings (SSSR count). The van der Waals surface area contributed by atoms with Crippen molar-refractivity contribution in [2.24, 2.45) is 0 Å². The Balaban J connectivity index is 0.00000128. The van der Waals surface area contributed by atoms with Gasteiger partial charge in [0.1, 0.15) is 6.10 Å². The van der Waals surface area contributed by atoms with E-state index < -0.39 is 0 Å². The molecule has 0 N–H and O–H groups in total. The average Bonchev–Trinajstić information content (AvgIpc) is 2.31. The van der Waals surface area contributed by atoms with Crippen LogP contribution in [0.4, 0.5) is 0 Å². The van der Waals surface area contributed by atoms with E-state index in [4.69, 9.17) is 16.3 Å². The number of alkyl halides is 1. The van der Waals surface area contributed by atoms with E-state index in [2.05, 4.69) is 9.88 Å². The molecule has 1 aliphatic rings. The van der Waals surface area contributed by atoms with Crippen LogP contribution < -0.4 is 0 Å². The Morgan fingerprint density at radius 3 is 3.06 bits per heavy atom. The zero-order chi connectivity index (χ0) is 10.5. The Labute approximate surface area is 107 Å². The summed E-state index contributed by atoms with van der Waals surface area (Å²) in [6.45, 7) is 3.55. The Bertz CT molecular complexity index is 295. The monoisotopic (exact) mass is 262 g/mol. The van der Waals surface area contributed by atoms with E-state index in [1.54, 1.807) is 6.20 Å². The third-order valence-corrected chi connectivity index (χ3v) is 2.74. The van der Waals surface area contributed by atoms with E-state index in [0.29, 0.717) is 5.88 Å². The minimum Gasteiger partial charge on any atom is -0.369 e. The SMILES string of the molecule is Cl.ClCCN1CCOC(c2ccccn2)C1. The van der Waals surface area contributed by atoms with Crippen molar-refractivity contribution in [3.8, 4) is 0 Å². The van der Waals surface area contributed by atoms with Gasteiger partial charge >= 0.3 is 0 Å². The van der Waals surface area contributed by atoms with Crippen LogP contribution in [0.2, 0.25) is 0 Å². The summed E-state index contributed by atoms with van der Waals surface area (Å²) in [4.78, 5) is 6.63. The number of hydrogen-bond donors (Lipinski definition) is 0. The van der Waals surface area contributed by atoms with Gasteiger partial charge in [0, 0.05) is 31.7 Å². The average molecular weight is 263 g/mol. The van der Waals surface area contributed by atoms with Crippen molar-refractivity contribution < 1.29 is 4.74 Å². The highest BCUT2D eigenvalue weighted by molar-refractivity contribution is 6.18. The molecular weight excluding hydrogens is 247 g/mol. The molecule has 0 aliphatic carbocycles. The van der Waals surface area contributed by atoms with Gasteiger partial charge in [-0.15, -0.1) is 24.0 Å². The predicted molar refractivity (Wildman–Crippen MR) is 67.3 cm³/mol. The maximum atomic E-state index is 5.73. The topological polar surface area (TPSA) is 25.4 Å². The van der Waals surface area contributed by atoms with Crippen LogP contribution in [0.15, 0.2) is 24.4 Å². The molecule has 1 aliphatic heterocycles. The maximum Gasteiger partial charge on any atom is 0.112 e. The second-order valence-corrected chi connectivity index (χ2v) is 3.98. The second-order valence-electron chi connectivity index (χ2n) is 3.60. The van der Waals surface area contributed by atoms with Crippen molar-refractivity contribution in [1.82, 2.24) is 9.88 Å². The molecule has 3 nitrogen and oxygen atoms in total. The number of morpholine rings is 1. The van der Waals surface area contributed by atoms with Gasteiger partial charge in [0.25, 0.3) is 0 Å². The quantitative estimate of drug-likeness (QED) is 0.781. The fourth-order valence-corrected chi connectivity index (χ4v) is 2.01. The van der Waals surface area contributed by atoms with E-state index in [-0.39, 0.29) is 18.5 Å². The third kappa shape index (κ3) is 3.59. The molecule has 0 aromatic carbocycles. The Hall–Kier alpha value is -0.350. The van der Waals surface area contributed by atoms with Crippen molar-refractivity contribution in [3.05, 3.63) is 30.1 Å². The summed E-state index contributed by atoms with van der Waals surface area (Å²) in [6.07, 6.45) is 1.90. The lowest BCUT2D eigenvalue weighted by molar-refractivity contribution is -0.0300. The first-order chi connectivity index (χ1) is 7.40. The van der Waals surface area contributed by atoms with E-state index >= 15 is 0 Å². The molecule has 1 saturated heterocycles. The van der Waals surface area contributed by atoms with Gasteiger partial charge in [-0.1, -0.05) is 6.07 Å². The molecule has 2 heterocycles. The van der Waals surface area contributed by atoms with Gasteiger partial charge in [-0.25, -0.2) is 0 Å². The number of rotatable bonds is 3. The summed E-state index contributed by atoms with van der Waals surface area (Å²) < 4.78 is 5.69. The smallest absolute Gasteiger partial charge is 0.112 e. The van der Waals surface area contributed by atoms with Crippen LogP contribution >= 0.6 is 24.0 Å². The molecule has 0 radical (unpaired) electrons. The Kier molecular flexibility index (Phi) is 6.06. The molecule has 0 amide bonds. The van der Waals surface area contributed by atoms with Gasteiger partial charge < -0.3 is 4.74 Å². The summed E-state index contributed by atoms with van der Waals surface area (Å²) in [6, 6.07) is 5.92. The number of halogens is 2. The molecule has 1 unspecified atom stereocenters. The second kappa shape index (κ2) is 7.07. The lowest BCUT2D eigenvalue weighted by Crippen LogP contribution is -2.39. The third-order valence-electron chi connectivity index (χ3n) is 2.57. The number of pyridine rings is 1. The van der Waals surface area contributed by atoms with E-state index in [0.717, 1.165) is 31.9 Å².